The number of methoxy groups -OCH3 is 1. The molecule has 1 heterocycles. The molecule has 3 aromatic rings. The molecule has 3 rings (SSSR count). The molecule has 0 unspecified atom stereocenters. The fraction of sp³-hybridized carbons (Fsp3) is 0.222. The Balaban J connectivity index is 1.94. The third-order valence-electron chi connectivity index (χ3n) is 4.11. The molecule has 0 amide bonds. The molecule has 0 saturated heterocycles. The number of oxazole rings is 1. The van der Waals surface area contributed by atoms with E-state index in [1.807, 2.05) is 30.3 Å². The minimum absolute atomic E-state index is 0.00704. The number of benzene rings is 2. The number of hydrogen-bond donors (Lipinski definition) is 0. The van der Waals surface area contributed by atoms with Gasteiger partial charge < -0.3 is 9.15 Å². The summed E-state index contributed by atoms with van der Waals surface area (Å²) in [6.45, 7) is -0.114. The fourth-order valence-electron chi connectivity index (χ4n) is 2.66. The van der Waals surface area contributed by atoms with E-state index in [9.17, 15) is 18.0 Å². The molecule has 8 nitrogen and oxygen atoms in total. The zero-order valence-electron chi connectivity index (χ0n) is 14.8. The summed E-state index contributed by atoms with van der Waals surface area (Å²) in [5.74, 6) is -1.37. The maximum absolute atomic E-state index is 12.8. The lowest BCUT2D eigenvalue weighted by molar-refractivity contribution is -0.141. The first-order chi connectivity index (χ1) is 12.8. The summed E-state index contributed by atoms with van der Waals surface area (Å²) in [4.78, 5) is 23.4. The summed E-state index contributed by atoms with van der Waals surface area (Å²) in [6.07, 6.45) is 0. The fourth-order valence-corrected chi connectivity index (χ4v) is 3.83. The van der Waals surface area contributed by atoms with Crippen molar-refractivity contribution in [3.8, 4) is 0 Å². The van der Waals surface area contributed by atoms with Crippen LogP contribution in [0.4, 0.5) is 0 Å². The minimum Gasteiger partial charge on any atom is -0.468 e. The Morgan fingerprint density at radius 1 is 1.19 bits per heavy atom. The SMILES string of the molecule is COC(=O)Cn1c(=O)oc2cc(S(=O)(=O)N(C)Cc3ccccc3)ccc21. The number of carbonyl (C=O) groups is 1. The van der Waals surface area contributed by atoms with Crippen molar-refractivity contribution in [1.82, 2.24) is 8.87 Å². The molecule has 142 valence electrons. The molecule has 0 bridgehead atoms. The Hall–Kier alpha value is -2.91. The van der Waals surface area contributed by atoms with Gasteiger partial charge in [-0.2, -0.15) is 4.31 Å². The van der Waals surface area contributed by atoms with Crippen LogP contribution in [0.25, 0.3) is 11.1 Å². The number of fused-ring (bicyclic) bond motifs is 1. The molecular formula is C18H18N2O6S. The number of ether oxygens (including phenoxy) is 1. The highest BCUT2D eigenvalue weighted by Gasteiger charge is 2.23. The number of nitrogens with zero attached hydrogens (tertiary/aromatic N) is 2. The summed E-state index contributed by atoms with van der Waals surface area (Å²) >= 11 is 0. The van der Waals surface area contributed by atoms with Crippen LogP contribution in [0, 0.1) is 0 Å². The zero-order chi connectivity index (χ0) is 19.6. The van der Waals surface area contributed by atoms with Gasteiger partial charge in [-0.05, 0) is 17.7 Å². The van der Waals surface area contributed by atoms with Gasteiger partial charge in [0.15, 0.2) is 5.58 Å². The zero-order valence-corrected chi connectivity index (χ0v) is 15.6. The maximum atomic E-state index is 12.8. The van der Waals surface area contributed by atoms with Crippen molar-refractivity contribution in [2.24, 2.45) is 0 Å². The largest absolute Gasteiger partial charge is 0.468 e. The molecule has 0 aliphatic rings. The average Bonchev–Trinajstić information content (AvgIpc) is 2.97. The molecule has 0 fully saturated rings. The van der Waals surface area contributed by atoms with Gasteiger partial charge in [0, 0.05) is 19.7 Å². The maximum Gasteiger partial charge on any atom is 0.420 e. The van der Waals surface area contributed by atoms with Crippen molar-refractivity contribution in [3.63, 3.8) is 0 Å². The minimum atomic E-state index is -3.79. The molecule has 0 aliphatic heterocycles. The highest BCUT2D eigenvalue weighted by Crippen LogP contribution is 2.22. The number of carbonyl (C=O) groups excluding carboxylic acids is 1. The average molecular weight is 390 g/mol. The Bertz CT molecular complexity index is 1130. The van der Waals surface area contributed by atoms with Crippen molar-refractivity contribution in [2.75, 3.05) is 14.2 Å². The molecule has 1 aromatic heterocycles. The first-order valence-electron chi connectivity index (χ1n) is 8.03. The van der Waals surface area contributed by atoms with E-state index in [1.165, 1.54) is 36.7 Å². The predicted molar refractivity (Wildman–Crippen MR) is 97.6 cm³/mol. The normalized spacial score (nSPS) is 11.8. The van der Waals surface area contributed by atoms with Gasteiger partial charge in [-0.15, -0.1) is 0 Å². The quantitative estimate of drug-likeness (QED) is 0.593. The van der Waals surface area contributed by atoms with Crippen LogP contribution in [-0.2, 0) is 32.6 Å². The summed E-state index contributed by atoms with van der Waals surface area (Å²) < 4.78 is 37.6. The molecule has 9 heteroatoms. The second-order valence-electron chi connectivity index (χ2n) is 5.91. The van der Waals surface area contributed by atoms with E-state index < -0.39 is 21.7 Å². The van der Waals surface area contributed by atoms with Crippen LogP contribution in [0.5, 0.6) is 0 Å². The van der Waals surface area contributed by atoms with Gasteiger partial charge in [-0.1, -0.05) is 30.3 Å². The monoisotopic (exact) mass is 390 g/mol. The first-order valence-corrected chi connectivity index (χ1v) is 9.47. The Kier molecular flexibility index (Phi) is 5.15. The highest BCUT2D eigenvalue weighted by atomic mass is 32.2. The topological polar surface area (TPSA) is 98.8 Å². The van der Waals surface area contributed by atoms with Crippen molar-refractivity contribution < 1.29 is 22.4 Å². The van der Waals surface area contributed by atoms with Gasteiger partial charge in [0.2, 0.25) is 10.0 Å². The number of esters is 1. The summed E-state index contributed by atoms with van der Waals surface area (Å²) in [6, 6.07) is 13.3. The molecule has 0 radical (unpaired) electrons. The first kappa shape index (κ1) is 18.9. The molecule has 2 aromatic carbocycles. The van der Waals surface area contributed by atoms with E-state index in [-0.39, 0.29) is 23.6 Å². The number of hydrogen-bond acceptors (Lipinski definition) is 6. The van der Waals surface area contributed by atoms with Crippen LogP contribution in [0.1, 0.15) is 5.56 Å². The van der Waals surface area contributed by atoms with Crippen LogP contribution in [0.15, 0.2) is 62.6 Å². The van der Waals surface area contributed by atoms with E-state index in [1.54, 1.807) is 0 Å². The number of rotatable bonds is 6. The van der Waals surface area contributed by atoms with Crippen molar-refractivity contribution in [3.05, 3.63) is 64.6 Å². The van der Waals surface area contributed by atoms with E-state index in [0.29, 0.717) is 5.52 Å². The lowest BCUT2D eigenvalue weighted by Crippen LogP contribution is -2.26. The van der Waals surface area contributed by atoms with E-state index in [2.05, 4.69) is 4.74 Å². The van der Waals surface area contributed by atoms with Gasteiger partial charge in [-0.3, -0.25) is 9.36 Å². The number of sulfonamides is 1. The van der Waals surface area contributed by atoms with Crippen LogP contribution < -0.4 is 5.76 Å². The standard InChI is InChI=1S/C18H18N2O6S/c1-19(11-13-6-4-3-5-7-13)27(23,24)14-8-9-15-16(10-14)26-18(22)20(15)12-17(21)25-2/h3-10H,11-12H2,1-2H3. The van der Waals surface area contributed by atoms with E-state index in [4.69, 9.17) is 4.42 Å². The Labute approximate surface area is 155 Å². The van der Waals surface area contributed by atoms with Crippen LogP contribution in [0.3, 0.4) is 0 Å². The van der Waals surface area contributed by atoms with Gasteiger partial charge >= 0.3 is 11.7 Å². The third kappa shape index (κ3) is 3.79. The van der Waals surface area contributed by atoms with Crippen molar-refractivity contribution in [1.29, 1.82) is 0 Å². The molecule has 0 N–H and O–H groups in total. The molecule has 27 heavy (non-hydrogen) atoms. The second kappa shape index (κ2) is 7.37. The lowest BCUT2D eigenvalue weighted by atomic mass is 10.2. The van der Waals surface area contributed by atoms with E-state index in [0.717, 1.165) is 10.1 Å². The van der Waals surface area contributed by atoms with Gasteiger partial charge in [-0.25, -0.2) is 13.2 Å². The number of aromatic nitrogens is 1. The summed E-state index contributed by atoms with van der Waals surface area (Å²) in [7, 11) is -1.10. The van der Waals surface area contributed by atoms with Crippen LogP contribution >= 0.6 is 0 Å². The molecule has 0 aliphatic carbocycles. The van der Waals surface area contributed by atoms with Gasteiger partial charge in [0.05, 0.1) is 17.5 Å². The summed E-state index contributed by atoms with van der Waals surface area (Å²) in [5.41, 5.74) is 1.24. The van der Waals surface area contributed by atoms with Crippen LogP contribution in [0.2, 0.25) is 0 Å². The Morgan fingerprint density at radius 2 is 1.89 bits per heavy atom. The molecule has 0 spiro atoms. The van der Waals surface area contributed by atoms with Gasteiger partial charge in [0.1, 0.15) is 6.54 Å². The highest BCUT2D eigenvalue weighted by molar-refractivity contribution is 7.89. The van der Waals surface area contributed by atoms with Crippen LogP contribution in [-0.4, -0.2) is 37.4 Å². The third-order valence-corrected chi connectivity index (χ3v) is 5.91. The Morgan fingerprint density at radius 3 is 2.56 bits per heavy atom. The second-order valence-corrected chi connectivity index (χ2v) is 7.95. The van der Waals surface area contributed by atoms with Crippen molar-refractivity contribution >= 4 is 27.1 Å². The van der Waals surface area contributed by atoms with Gasteiger partial charge in [0.25, 0.3) is 0 Å². The van der Waals surface area contributed by atoms with Crippen molar-refractivity contribution in [2.45, 2.75) is 18.0 Å². The van der Waals surface area contributed by atoms with E-state index >= 15 is 0 Å². The lowest BCUT2D eigenvalue weighted by Gasteiger charge is -2.17. The molecule has 0 saturated carbocycles. The summed E-state index contributed by atoms with van der Waals surface area (Å²) in [5, 5.41) is 0. The predicted octanol–water partition coefficient (Wildman–Crippen LogP) is 1.59. The molecule has 0 atom stereocenters. The molecular weight excluding hydrogens is 372 g/mol. The smallest absolute Gasteiger partial charge is 0.420 e.